The second-order valence-corrected chi connectivity index (χ2v) is 6.34. The maximum Gasteiger partial charge on any atom is 0.313 e. The Morgan fingerprint density at radius 3 is 2.72 bits per heavy atom. The fourth-order valence-corrected chi connectivity index (χ4v) is 2.65. The summed E-state index contributed by atoms with van der Waals surface area (Å²) in [5.74, 6) is -0.981. The summed E-state index contributed by atoms with van der Waals surface area (Å²) >= 11 is 0. The van der Waals surface area contributed by atoms with Crippen LogP contribution < -0.4 is 10.6 Å². The Morgan fingerprint density at radius 1 is 1.34 bits per heavy atom. The van der Waals surface area contributed by atoms with E-state index in [-0.39, 0.29) is 24.4 Å². The number of benzene rings is 1. The first-order chi connectivity index (χ1) is 14.0. The quantitative estimate of drug-likeness (QED) is 0.300. The molecule has 0 amide bonds. The fourth-order valence-electron chi connectivity index (χ4n) is 2.65. The number of ether oxygens (including phenoxy) is 1. The minimum absolute atomic E-state index is 0.211. The third-order valence-electron chi connectivity index (χ3n) is 4.10. The number of carbonyl (C=O) groups excluding carboxylic acids is 1. The smallest absolute Gasteiger partial charge is 0.313 e. The number of aromatic nitrogens is 2. The molecule has 1 aromatic heterocycles. The summed E-state index contributed by atoms with van der Waals surface area (Å²) in [4.78, 5) is 27.0. The number of nitrogens with zero attached hydrogens (tertiary/aromatic N) is 4. The van der Waals surface area contributed by atoms with Crippen LogP contribution in [0.2, 0.25) is 0 Å². The Balaban J connectivity index is 1.66. The molecule has 0 saturated carbocycles. The lowest BCUT2D eigenvalue weighted by molar-refractivity contribution is -0.143. The molecule has 1 aliphatic heterocycles. The highest BCUT2D eigenvalue weighted by Gasteiger charge is 2.25. The lowest BCUT2D eigenvalue weighted by Gasteiger charge is -2.31. The van der Waals surface area contributed by atoms with Gasteiger partial charge in [0.1, 0.15) is 31.3 Å². The highest BCUT2D eigenvalue weighted by Crippen LogP contribution is 2.26. The summed E-state index contributed by atoms with van der Waals surface area (Å²) in [7, 11) is 0. The van der Waals surface area contributed by atoms with E-state index in [0.29, 0.717) is 36.8 Å². The van der Waals surface area contributed by atoms with Crippen LogP contribution in [0.25, 0.3) is 11.1 Å². The SMILES string of the molecule is CCON=C1CN(c2ncc(-c3cccc(COC(=O)CC(=N)N)c3F)cn2)C1. The molecule has 0 unspecified atom stereocenters. The molecule has 1 fully saturated rings. The monoisotopic (exact) mass is 400 g/mol. The molecule has 3 N–H and O–H groups in total. The molecule has 2 heterocycles. The van der Waals surface area contributed by atoms with Gasteiger partial charge in [0.05, 0.1) is 18.8 Å². The molecule has 0 bridgehead atoms. The molecule has 0 radical (unpaired) electrons. The maximum absolute atomic E-state index is 14.8. The van der Waals surface area contributed by atoms with Crippen molar-refractivity contribution >= 4 is 23.5 Å². The first kappa shape index (κ1) is 20.2. The minimum atomic E-state index is -0.684. The standard InChI is InChI=1S/C19H21FN6O3/c1-2-29-25-14-9-26(10-14)19-23-7-13(8-24-19)15-5-3-4-12(18(15)20)11-28-17(27)6-16(21)22/h3-5,7-8H,2,6,9-11H2,1H3,(H3,21,22). The van der Waals surface area contributed by atoms with Crippen molar-refractivity contribution in [2.24, 2.45) is 10.9 Å². The number of oxime groups is 1. The number of hydrogen-bond acceptors (Lipinski definition) is 8. The van der Waals surface area contributed by atoms with Crippen LogP contribution in [-0.4, -0.2) is 47.2 Å². The Hall–Kier alpha value is -3.56. The van der Waals surface area contributed by atoms with E-state index in [9.17, 15) is 9.18 Å². The molecular formula is C19H21FN6O3. The van der Waals surface area contributed by atoms with Crippen LogP contribution >= 0.6 is 0 Å². The van der Waals surface area contributed by atoms with Crippen LogP contribution in [0, 0.1) is 11.2 Å². The number of esters is 1. The second kappa shape index (κ2) is 9.09. The van der Waals surface area contributed by atoms with Gasteiger partial charge in [-0.25, -0.2) is 14.4 Å². The Labute approximate surface area is 166 Å². The van der Waals surface area contributed by atoms with E-state index in [4.69, 9.17) is 20.7 Å². The Morgan fingerprint density at radius 2 is 2.07 bits per heavy atom. The van der Waals surface area contributed by atoms with Gasteiger partial charge in [0.15, 0.2) is 0 Å². The Kier molecular flexibility index (Phi) is 6.32. The lowest BCUT2D eigenvalue weighted by atomic mass is 10.1. The first-order valence-electron chi connectivity index (χ1n) is 8.99. The van der Waals surface area contributed by atoms with Crippen LogP contribution in [0.3, 0.4) is 0 Å². The lowest BCUT2D eigenvalue weighted by Crippen LogP contribution is -2.48. The van der Waals surface area contributed by atoms with Gasteiger partial charge in [-0.1, -0.05) is 23.4 Å². The molecule has 0 aliphatic carbocycles. The van der Waals surface area contributed by atoms with E-state index in [1.165, 1.54) is 6.07 Å². The van der Waals surface area contributed by atoms with Gasteiger partial charge >= 0.3 is 5.97 Å². The van der Waals surface area contributed by atoms with Gasteiger partial charge in [-0.3, -0.25) is 10.2 Å². The molecule has 10 heteroatoms. The summed E-state index contributed by atoms with van der Waals surface area (Å²) in [5.41, 5.74) is 7.08. The van der Waals surface area contributed by atoms with Gasteiger partial charge in [0.25, 0.3) is 0 Å². The van der Waals surface area contributed by atoms with Crippen molar-refractivity contribution in [2.75, 3.05) is 24.6 Å². The summed E-state index contributed by atoms with van der Waals surface area (Å²) in [6, 6.07) is 4.78. The molecule has 0 spiro atoms. The average molecular weight is 400 g/mol. The largest absolute Gasteiger partial charge is 0.460 e. The van der Waals surface area contributed by atoms with Crippen molar-refractivity contribution in [2.45, 2.75) is 20.0 Å². The predicted octanol–water partition coefficient (Wildman–Crippen LogP) is 1.86. The predicted molar refractivity (Wildman–Crippen MR) is 105 cm³/mol. The van der Waals surface area contributed by atoms with Crippen molar-refractivity contribution in [3.63, 3.8) is 0 Å². The number of nitrogens with one attached hydrogen (secondary N) is 1. The molecule has 1 aliphatic rings. The van der Waals surface area contributed by atoms with Crippen molar-refractivity contribution in [1.82, 2.24) is 9.97 Å². The highest BCUT2D eigenvalue weighted by atomic mass is 19.1. The summed E-state index contributed by atoms with van der Waals surface area (Å²) in [5, 5.41) is 11.0. The van der Waals surface area contributed by atoms with E-state index in [1.54, 1.807) is 24.5 Å². The van der Waals surface area contributed by atoms with Gasteiger partial charge in [-0.2, -0.15) is 0 Å². The van der Waals surface area contributed by atoms with Crippen LogP contribution in [-0.2, 0) is 21.0 Å². The number of halogens is 1. The van der Waals surface area contributed by atoms with Crippen molar-refractivity contribution < 1.29 is 18.8 Å². The van der Waals surface area contributed by atoms with Gasteiger partial charge in [-0.05, 0) is 6.92 Å². The van der Waals surface area contributed by atoms with Gasteiger partial charge < -0.3 is 20.2 Å². The van der Waals surface area contributed by atoms with Crippen LogP contribution in [0.1, 0.15) is 18.9 Å². The molecule has 0 atom stereocenters. The summed E-state index contributed by atoms with van der Waals surface area (Å²) < 4.78 is 19.8. The van der Waals surface area contributed by atoms with Crippen LogP contribution in [0.4, 0.5) is 10.3 Å². The van der Waals surface area contributed by atoms with Gasteiger partial charge in [0.2, 0.25) is 5.95 Å². The van der Waals surface area contributed by atoms with E-state index in [2.05, 4.69) is 15.1 Å². The number of anilines is 1. The zero-order valence-corrected chi connectivity index (χ0v) is 15.9. The minimum Gasteiger partial charge on any atom is -0.460 e. The van der Waals surface area contributed by atoms with Crippen molar-refractivity contribution in [3.8, 4) is 11.1 Å². The molecule has 3 rings (SSSR count). The molecule has 29 heavy (non-hydrogen) atoms. The third-order valence-corrected chi connectivity index (χ3v) is 4.10. The third kappa shape index (κ3) is 5.03. The fraction of sp³-hybridized carbons (Fsp3) is 0.316. The molecular weight excluding hydrogens is 379 g/mol. The average Bonchev–Trinajstić information content (AvgIpc) is 2.66. The number of nitrogens with two attached hydrogens (primary N) is 1. The summed E-state index contributed by atoms with van der Waals surface area (Å²) in [6.07, 6.45) is 2.76. The number of hydrogen-bond donors (Lipinski definition) is 2. The maximum atomic E-state index is 14.8. The van der Waals surface area contributed by atoms with Crippen molar-refractivity contribution in [3.05, 3.63) is 42.0 Å². The zero-order valence-electron chi connectivity index (χ0n) is 15.9. The topological polar surface area (TPSA) is 127 Å². The molecule has 9 nitrogen and oxygen atoms in total. The Bertz CT molecular complexity index is 924. The van der Waals surface area contributed by atoms with Gasteiger partial charge in [0, 0.05) is 29.1 Å². The van der Waals surface area contributed by atoms with E-state index in [1.807, 2.05) is 11.8 Å². The van der Waals surface area contributed by atoms with E-state index < -0.39 is 11.8 Å². The van der Waals surface area contributed by atoms with Crippen LogP contribution in [0.5, 0.6) is 0 Å². The molecule has 1 saturated heterocycles. The van der Waals surface area contributed by atoms with Crippen molar-refractivity contribution in [1.29, 1.82) is 5.41 Å². The van der Waals surface area contributed by atoms with Crippen LogP contribution in [0.15, 0.2) is 35.7 Å². The number of amidine groups is 1. The van der Waals surface area contributed by atoms with Gasteiger partial charge in [-0.15, -0.1) is 0 Å². The van der Waals surface area contributed by atoms with E-state index in [0.717, 1.165) is 5.71 Å². The summed E-state index contributed by atoms with van der Waals surface area (Å²) in [6.45, 7) is 3.33. The number of rotatable bonds is 8. The molecule has 1 aromatic carbocycles. The first-order valence-corrected chi connectivity index (χ1v) is 8.99. The molecule has 2 aromatic rings. The highest BCUT2D eigenvalue weighted by molar-refractivity contribution is 5.98. The number of carbonyl (C=O) groups is 1. The van der Waals surface area contributed by atoms with E-state index >= 15 is 0 Å². The normalized spacial score (nSPS) is 12.9. The molecule has 152 valence electrons. The second-order valence-electron chi connectivity index (χ2n) is 6.34. The zero-order chi connectivity index (χ0) is 20.8.